The number of carboxylic acids is 1. The molecule has 3 unspecified atom stereocenters. The van der Waals surface area contributed by atoms with Crippen molar-refractivity contribution in [2.24, 2.45) is 5.73 Å². The van der Waals surface area contributed by atoms with Gasteiger partial charge in [-0.05, 0) is 44.4 Å². The van der Waals surface area contributed by atoms with Gasteiger partial charge in [-0.15, -0.1) is 0 Å². The Morgan fingerprint density at radius 1 is 0.857 bits per heavy atom. The third-order valence-corrected chi connectivity index (χ3v) is 6.32. The molecule has 3 rings (SSSR count). The lowest BCUT2D eigenvalue weighted by molar-refractivity contribution is -0.142. The number of nitrogens with one attached hydrogen (secondary N) is 4. The zero-order chi connectivity index (χ0) is 30.9. The molecule has 0 radical (unpaired) electrons. The molecule has 4 amide bonds. The average Bonchev–Trinajstić information content (AvgIpc) is 3.32. The number of benzene rings is 2. The van der Waals surface area contributed by atoms with Gasteiger partial charge in [0.2, 0.25) is 17.7 Å². The number of nitrogens with two attached hydrogens (primary N) is 1. The Morgan fingerprint density at radius 2 is 1.48 bits per heavy atom. The molecule has 1 heterocycles. The molecule has 0 spiro atoms. The Morgan fingerprint density at radius 3 is 2.12 bits per heavy atom. The number of carboxylic acid groups (broad SMARTS) is 1. The van der Waals surface area contributed by atoms with Crippen molar-refractivity contribution >= 4 is 40.7 Å². The largest absolute Gasteiger partial charge is 0.480 e. The minimum Gasteiger partial charge on any atom is -0.480 e. The summed E-state index contributed by atoms with van der Waals surface area (Å²) in [5, 5.41) is 18.3. The molecule has 12 nitrogen and oxygen atoms in total. The lowest BCUT2D eigenvalue weighted by Gasteiger charge is -2.26. The number of primary amides is 1. The molecule has 42 heavy (non-hydrogen) atoms. The first-order chi connectivity index (χ1) is 19.8. The maximum Gasteiger partial charge on any atom is 0.408 e. The molecule has 7 N–H and O–H groups in total. The van der Waals surface area contributed by atoms with E-state index in [0.29, 0.717) is 11.1 Å². The SMILES string of the molecule is CC(C)(C)OC(=O)NC(CCC(N)=O)C(=O)NC(Cc1c[nH]c2ccccc12)C(=O)NC(Cc1ccccc1)C(=O)O. The monoisotopic (exact) mass is 579 g/mol. The Labute approximate surface area is 243 Å². The van der Waals surface area contributed by atoms with Crippen LogP contribution in [0.25, 0.3) is 10.9 Å². The van der Waals surface area contributed by atoms with Crippen molar-refractivity contribution in [3.8, 4) is 0 Å². The first kappa shape index (κ1) is 31.7. The standard InChI is InChI=1S/C30H37N5O7/c1-30(2,3)42-29(41)35-22(13-14-25(31)36)26(37)33-23(16-19-17-32-21-12-8-7-11-20(19)21)27(38)34-24(28(39)40)15-18-9-5-4-6-10-18/h4-12,17,22-24,32H,13-16H2,1-3H3,(H2,31,36)(H,33,37)(H,34,38)(H,35,41)(H,39,40). The molecule has 0 bridgehead atoms. The van der Waals surface area contributed by atoms with Gasteiger partial charge >= 0.3 is 12.1 Å². The number of rotatable bonds is 13. The Hall–Kier alpha value is -4.87. The van der Waals surface area contributed by atoms with Gasteiger partial charge in [-0.25, -0.2) is 9.59 Å². The molecular weight excluding hydrogens is 542 g/mol. The van der Waals surface area contributed by atoms with Crippen molar-refractivity contribution in [2.45, 2.75) is 70.2 Å². The van der Waals surface area contributed by atoms with E-state index >= 15 is 0 Å². The van der Waals surface area contributed by atoms with E-state index in [1.807, 2.05) is 24.3 Å². The fourth-order valence-corrected chi connectivity index (χ4v) is 4.33. The van der Waals surface area contributed by atoms with Gasteiger partial charge in [0, 0.05) is 36.4 Å². The summed E-state index contributed by atoms with van der Waals surface area (Å²) < 4.78 is 5.25. The molecule has 3 atom stereocenters. The number of hydrogen-bond acceptors (Lipinski definition) is 6. The van der Waals surface area contributed by atoms with Crippen LogP contribution in [0.2, 0.25) is 0 Å². The minimum absolute atomic E-state index is 0.00817. The number of aromatic nitrogens is 1. The molecule has 1 aromatic heterocycles. The molecule has 0 aliphatic rings. The molecule has 2 aromatic carbocycles. The van der Waals surface area contributed by atoms with Gasteiger partial charge in [0.25, 0.3) is 0 Å². The van der Waals surface area contributed by atoms with Gasteiger partial charge in [-0.1, -0.05) is 48.5 Å². The first-order valence-corrected chi connectivity index (χ1v) is 13.5. The number of carbonyl (C=O) groups excluding carboxylic acids is 4. The van der Waals surface area contributed by atoms with E-state index in [9.17, 15) is 29.1 Å². The van der Waals surface area contributed by atoms with Crippen LogP contribution in [0.15, 0.2) is 60.8 Å². The summed E-state index contributed by atoms with van der Waals surface area (Å²) >= 11 is 0. The van der Waals surface area contributed by atoms with Crippen molar-refractivity contribution < 1.29 is 33.8 Å². The van der Waals surface area contributed by atoms with Crippen LogP contribution >= 0.6 is 0 Å². The van der Waals surface area contributed by atoms with Crippen LogP contribution in [0.5, 0.6) is 0 Å². The molecular formula is C30H37N5O7. The molecule has 0 saturated carbocycles. The highest BCUT2D eigenvalue weighted by Gasteiger charge is 2.31. The van der Waals surface area contributed by atoms with Gasteiger partial charge < -0.3 is 36.5 Å². The zero-order valence-electron chi connectivity index (χ0n) is 23.8. The van der Waals surface area contributed by atoms with E-state index in [-0.39, 0.29) is 25.7 Å². The zero-order valence-corrected chi connectivity index (χ0v) is 23.8. The summed E-state index contributed by atoms with van der Waals surface area (Å²) in [6.45, 7) is 4.96. The van der Waals surface area contributed by atoms with Crippen LogP contribution in [-0.2, 0) is 36.8 Å². The summed E-state index contributed by atoms with van der Waals surface area (Å²) in [6.07, 6.45) is 0.488. The number of ether oxygens (including phenoxy) is 1. The fraction of sp³-hybridized carbons (Fsp3) is 0.367. The maximum absolute atomic E-state index is 13.6. The molecule has 0 saturated heterocycles. The van der Waals surface area contributed by atoms with Crippen LogP contribution in [-0.4, -0.2) is 63.6 Å². The number of para-hydroxylation sites is 1. The van der Waals surface area contributed by atoms with Gasteiger partial charge in [-0.2, -0.15) is 0 Å². The van der Waals surface area contributed by atoms with E-state index in [0.717, 1.165) is 10.9 Å². The van der Waals surface area contributed by atoms with Crippen LogP contribution in [0.4, 0.5) is 4.79 Å². The fourth-order valence-electron chi connectivity index (χ4n) is 4.33. The van der Waals surface area contributed by atoms with Gasteiger partial charge in [0.15, 0.2) is 0 Å². The topological polar surface area (TPSA) is 193 Å². The van der Waals surface area contributed by atoms with E-state index < -0.39 is 53.5 Å². The smallest absolute Gasteiger partial charge is 0.408 e. The molecule has 3 aromatic rings. The van der Waals surface area contributed by atoms with E-state index in [1.54, 1.807) is 57.3 Å². The summed E-state index contributed by atoms with van der Waals surface area (Å²) in [6, 6.07) is 12.5. The molecule has 0 aliphatic carbocycles. The van der Waals surface area contributed by atoms with Crippen molar-refractivity contribution in [3.63, 3.8) is 0 Å². The van der Waals surface area contributed by atoms with Crippen molar-refractivity contribution in [1.82, 2.24) is 20.9 Å². The number of carbonyl (C=O) groups is 5. The number of amides is 4. The summed E-state index contributed by atoms with van der Waals surface area (Å²) in [4.78, 5) is 66.1. The lowest BCUT2D eigenvalue weighted by atomic mass is 10.0. The highest BCUT2D eigenvalue weighted by molar-refractivity contribution is 5.94. The van der Waals surface area contributed by atoms with Crippen molar-refractivity contribution in [1.29, 1.82) is 0 Å². The van der Waals surface area contributed by atoms with Gasteiger partial charge in [0.1, 0.15) is 23.7 Å². The third-order valence-electron chi connectivity index (χ3n) is 6.32. The van der Waals surface area contributed by atoms with Crippen LogP contribution in [0, 0.1) is 0 Å². The summed E-state index contributed by atoms with van der Waals surface area (Å²) in [7, 11) is 0. The van der Waals surface area contributed by atoms with Crippen molar-refractivity contribution in [3.05, 3.63) is 71.9 Å². The Balaban J connectivity index is 1.86. The van der Waals surface area contributed by atoms with Gasteiger partial charge in [-0.3, -0.25) is 14.4 Å². The number of alkyl carbamates (subject to hydrolysis) is 1. The quantitative estimate of drug-likeness (QED) is 0.179. The van der Waals surface area contributed by atoms with Crippen LogP contribution < -0.4 is 21.7 Å². The summed E-state index contributed by atoms with van der Waals surface area (Å²) in [5.41, 5.74) is 6.65. The highest BCUT2D eigenvalue weighted by atomic mass is 16.6. The number of aliphatic carboxylic acids is 1. The normalized spacial score (nSPS) is 13.4. The number of hydrogen-bond donors (Lipinski definition) is 6. The lowest BCUT2D eigenvalue weighted by Crippen LogP contribution is -2.57. The summed E-state index contributed by atoms with van der Waals surface area (Å²) in [5.74, 6) is -3.42. The molecule has 12 heteroatoms. The first-order valence-electron chi connectivity index (χ1n) is 13.5. The average molecular weight is 580 g/mol. The van der Waals surface area contributed by atoms with Crippen molar-refractivity contribution in [2.75, 3.05) is 0 Å². The molecule has 0 fully saturated rings. The second kappa shape index (κ2) is 14.2. The molecule has 224 valence electrons. The number of aromatic amines is 1. The van der Waals surface area contributed by atoms with Crippen LogP contribution in [0.3, 0.4) is 0 Å². The highest BCUT2D eigenvalue weighted by Crippen LogP contribution is 2.19. The van der Waals surface area contributed by atoms with E-state index in [1.165, 1.54) is 0 Å². The maximum atomic E-state index is 13.6. The molecule has 0 aliphatic heterocycles. The van der Waals surface area contributed by atoms with E-state index in [4.69, 9.17) is 10.5 Å². The Kier molecular flexibility index (Phi) is 10.7. The van der Waals surface area contributed by atoms with Crippen LogP contribution in [0.1, 0.15) is 44.7 Å². The second-order valence-electron chi connectivity index (χ2n) is 10.9. The minimum atomic E-state index is -1.27. The third kappa shape index (κ3) is 9.65. The van der Waals surface area contributed by atoms with E-state index in [2.05, 4.69) is 20.9 Å². The van der Waals surface area contributed by atoms with Gasteiger partial charge in [0.05, 0.1) is 0 Å². The second-order valence-corrected chi connectivity index (χ2v) is 10.9. The Bertz CT molecular complexity index is 1410. The number of H-pyrrole nitrogens is 1. The predicted octanol–water partition coefficient (Wildman–Crippen LogP) is 2.17. The predicted molar refractivity (Wildman–Crippen MR) is 155 cm³/mol. The number of fused-ring (bicyclic) bond motifs is 1.